The fourth-order valence-corrected chi connectivity index (χ4v) is 3.23. The van der Waals surface area contributed by atoms with Gasteiger partial charge < -0.3 is 0 Å². The maximum Gasteiger partial charge on any atom is 0.175 e. The molecule has 0 amide bonds. The van der Waals surface area contributed by atoms with Crippen LogP contribution in [0.3, 0.4) is 0 Å². The van der Waals surface area contributed by atoms with E-state index in [1.807, 2.05) is 30.3 Å². The molecule has 0 atom stereocenters. The summed E-state index contributed by atoms with van der Waals surface area (Å²) in [6, 6.07) is 19.6. The molecule has 0 radical (unpaired) electrons. The van der Waals surface area contributed by atoms with Gasteiger partial charge in [0.1, 0.15) is 0 Å². The third kappa shape index (κ3) is 4.06. The van der Waals surface area contributed by atoms with Crippen LogP contribution in [-0.4, -0.2) is 14.7 Å². The molecule has 2 nitrogen and oxygen atoms in total. The molecule has 0 saturated carbocycles. The molecule has 5 heteroatoms. The van der Waals surface area contributed by atoms with E-state index in [-0.39, 0.29) is 4.90 Å². The molecule has 0 aliphatic heterocycles. The van der Waals surface area contributed by atoms with E-state index in [0.717, 1.165) is 35.1 Å². The van der Waals surface area contributed by atoms with Gasteiger partial charge in [0.2, 0.25) is 0 Å². The Hall–Kier alpha value is -2.79. The normalized spacial score (nSPS) is 12.2. The first-order valence-electron chi connectivity index (χ1n) is 7.87. The Morgan fingerprint density at radius 2 is 1.42 bits per heavy atom. The summed E-state index contributed by atoms with van der Waals surface area (Å²) in [5.74, 6) is -1.82. The average molecular weight is 370 g/mol. The summed E-state index contributed by atoms with van der Waals surface area (Å²) in [5, 5.41) is 0. The van der Waals surface area contributed by atoms with E-state index < -0.39 is 21.5 Å². The van der Waals surface area contributed by atoms with Crippen LogP contribution in [0.1, 0.15) is 16.7 Å². The molecule has 3 rings (SSSR count). The van der Waals surface area contributed by atoms with Crippen molar-refractivity contribution < 1.29 is 17.2 Å². The van der Waals surface area contributed by atoms with Crippen LogP contribution in [0.25, 0.3) is 11.6 Å². The van der Waals surface area contributed by atoms with E-state index >= 15 is 0 Å². The Bertz CT molecular complexity index is 1050. The van der Waals surface area contributed by atoms with Crippen LogP contribution in [0.15, 0.2) is 77.7 Å². The fourth-order valence-electron chi connectivity index (χ4n) is 2.60. The van der Waals surface area contributed by atoms with E-state index in [2.05, 4.69) is 0 Å². The van der Waals surface area contributed by atoms with Gasteiger partial charge in [-0.2, -0.15) is 0 Å². The molecule has 3 aromatic rings. The lowest BCUT2D eigenvalue weighted by molar-refractivity contribution is 0.508. The third-order valence-electron chi connectivity index (χ3n) is 3.93. The summed E-state index contributed by atoms with van der Waals surface area (Å²) >= 11 is 0. The fraction of sp³-hybridized carbons (Fsp3) is 0.0476. The van der Waals surface area contributed by atoms with Crippen molar-refractivity contribution in [3.05, 3.63) is 101 Å². The molecule has 0 spiro atoms. The molecule has 0 aliphatic carbocycles. The highest BCUT2D eigenvalue weighted by molar-refractivity contribution is 7.90. The second-order valence-electron chi connectivity index (χ2n) is 5.89. The molecule has 0 aliphatic rings. The lowest BCUT2D eigenvalue weighted by Gasteiger charge is -2.10. The van der Waals surface area contributed by atoms with E-state index in [9.17, 15) is 17.2 Å². The molecule has 132 valence electrons. The zero-order chi connectivity index (χ0) is 18.7. The van der Waals surface area contributed by atoms with Gasteiger partial charge >= 0.3 is 0 Å². The lowest BCUT2D eigenvalue weighted by atomic mass is 9.96. The van der Waals surface area contributed by atoms with Gasteiger partial charge in [-0.3, -0.25) is 0 Å². The smallest absolute Gasteiger partial charge is 0.175 e. The SMILES string of the molecule is CS(=O)(=O)c1ccc(/C(=C/c2ccc(F)c(F)c2)c2ccccc2)cc1. The maximum absolute atomic E-state index is 13.5. The largest absolute Gasteiger partial charge is 0.224 e. The summed E-state index contributed by atoms with van der Waals surface area (Å²) in [6.07, 6.45) is 2.89. The van der Waals surface area contributed by atoms with E-state index in [1.54, 1.807) is 18.2 Å². The van der Waals surface area contributed by atoms with Crippen molar-refractivity contribution in [2.45, 2.75) is 4.90 Å². The van der Waals surface area contributed by atoms with Crippen LogP contribution in [0.2, 0.25) is 0 Å². The Balaban J connectivity index is 2.12. The average Bonchev–Trinajstić information content (AvgIpc) is 2.63. The third-order valence-corrected chi connectivity index (χ3v) is 5.06. The summed E-state index contributed by atoms with van der Waals surface area (Å²) in [6.45, 7) is 0. The second kappa shape index (κ2) is 7.22. The molecule has 0 unspecified atom stereocenters. The van der Waals surface area contributed by atoms with Crippen molar-refractivity contribution in [3.8, 4) is 0 Å². The Morgan fingerprint density at radius 3 is 2.00 bits per heavy atom. The van der Waals surface area contributed by atoms with E-state index in [1.165, 1.54) is 18.2 Å². The Labute approximate surface area is 151 Å². The quantitative estimate of drug-likeness (QED) is 0.609. The highest BCUT2D eigenvalue weighted by atomic mass is 32.2. The van der Waals surface area contributed by atoms with Gasteiger partial charge in [0.05, 0.1) is 4.90 Å². The van der Waals surface area contributed by atoms with Crippen LogP contribution in [0, 0.1) is 11.6 Å². The monoisotopic (exact) mass is 370 g/mol. The van der Waals surface area contributed by atoms with Crippen LogP contribution < -0.4 is 0 Å². The van der Waals surface area contributed by atoms with Gasteiger partial charge in [0.25, 0.3) is 0 Å². The van der Waals surface area contributed by atoms with E-state index in [0.29, 0.717) is 5.56 Å². The summed E-state index contributed by atoms with van der Waals surface area (Å²) in [4.78, 5) is 0.224. The minimum absolute atomic E-state index is 0.224. The van der Waals surface area contributed by atoms with Crippen molar-refractivity contribution >= 4 is 21.5 Å². The van der Waals surface area contributed by atoms with Crippen LogP contribution in [0.5, 0.6) is 0 Å². The summed E-state index contributed by atoms with van der Waals surface area (Å²) < 4.78 is 50.0. The van der Waals surface area contributed by atoms with Crippen molar-refractivity contribution in [1.29, 1.82) is 0 Å². The predicted octanol–water partition coefficient (Wildman–Crippen LogP) is 4.96. The molecule has 26 heavy (non-hydrogen) atoms. The Kier molecular flexibility index (Phi) is 5.00. The minimum atomic E-state index is -3.29. The summed E-state index contributed by atoms with van der Waals surface area (Å²) in [5.41, 5.74) is 2.93. The maximum atomic E-state index is 13.5. The molecule has 0 saturated heterocycles. The Morgan fingerprint density at radius 1 is 0.808 bits per heavy atom. The molecule has 3 aromatic carbocycles. The highest BCUT2D eigenvalue weighted by Crippen LogP contribution is 2.27. The van der Waals surface area contributed by atoms with Gasteiger partial charge in [0.15, 0.2) is 21.5 Å². The van der Waals surface area contributed by atoms with Crippen molar-refractivity contribution in [2.24, 2.45) is 0 Å². The topological polar surface area (TPSA) is 34.1 Å². The zero-order valence-corrected chi connectivity index (χ0v) is 14.8. The molecular formula is C21H16F2O2S. The van der Waals surface area contributed by atoms with Gasteiger partial charge in [0, 0.05) is 6.26 Å². The van der Waals surface area contributed by atoms with Crippen molar-refractivity contribution in [2.75, 3.05) is 6.26 Å². The van der Waals surface area contributed by atoms with Crippen LogP contribution in [0.4, 0.5) is 8.78 Å². The first kappa shape index (κ1) is 18.0. The first-order valence-corrected chi connectivity index (χ1v) is 9.76. The van der Waals surface area contributed by atoms with Crippen molar-refractivity contribution in [1.82, 2.24) is 0 Å². The number of halogens is 2. The van der Waals surface area contributed by atoms with Crippen molar-refractivity contribution in [3.63, 3.8) is 0 Å². The minimum Gasteiger partial charge on any atom is -0.224 e. The standard InChI is InChI=1S/C21H16F2O2S/c1-26(24,25)18-10-8-17(9-11-18)19(16-5-3-2-4-6-16)13-15-7-12-20(22)21(23)14-15/h2-14H,1H3/b19-13+. The number of hydrogen-bond donors (Lipinski definition) is 0. The van der Waals surface area contributed by atoms with Crippen LogP contribution in [-0.2, 0) is 9.84 Å². The van der Waals surface area contributed by atoms with Gasteiger partial charge in [-0.1, -0.05) is 48.5 Å². The number of sulfone groups is 1. The summed E-state index contributed by atoms with van der Waals surface area (Å²) in [7, 11) is -3.29. The molecule has 0 fully saturated rings. The van der Waals surface area contributed by atoms with Gasteiger partial charge in [-0.15, -0.1) is 0 Å². The molecule has 0 N–H and O–H groups in total. The lowest BCUT2D eigenvalue weighted by Crippen LogP contribution is -1.97. The zero-order valence-electron chi connectivity index (χ0n) is 14.0. The number of hydrogen-bond acceptors (Lipinski definition) is 2. The van der Waals surface area contributed by atoms with Crippen LogP contribution >= 0.6 is 0 Å². The predicted molar refractivity (Wildman–Crippen MR) is 99.3 cm³/mol. The molecule has 0 heterocycles. The van der Waals surface area contributed by atoms with Gasteiger partial charge in [-0.05, 0) is 52.6 Å². The van der Waals surface area contributed by atoms with E-state index in [4.69, 9.17) is 0 Å². The first-order chi connectivity index (χ1) is 12.3. The second-order valence-corrected chi connectivity index (χ2v) is 7.91. The van der Waals surface area contributed by atoms with Gasteiger partial charge in [-0.25, -0.2) is 17.2 Å². The molecular weight excluding hydrogens is 354 g/mol. The number of benzene rings is 3. The molecule has 0 aromatic heterocycles. The number of rotatable bonds is 4. The highest BCUT2D eigenvalue weighted by Gasteiger charge is 2.10. The molecule has 0 bridgehead atoms.